The lowest BCUT2D eigenvalue weighted by Gasteiger charge is -2.24. The molecule has 0 bridgehead atoms. The van der Waals surface area contributed by atoms with E-state index in [0.29, 0.717) is 0 Å². The highest BCUT2D eigenvalue weighted by atomic mass is 35.5. The van der Waals surface area contributed by atoms with Gasteiger partial charge in [-0.15, -0.1) is 0 Å². The Morgan fingerprint density at radius 3 is 1.97 bits per heavy atom. The van der Waals surface area contributed by atoms with E-state index in [1.807, 2.05) is 60.7 Å². The van der Waals surface area contributed by atoms with Gasteiger partial charge in [0, 0.05) is 25.9 Å². The van der Waals surface area contributed by atoms with Crippen LogP contribution < -0.4 is 0 Å². The standard InChI is InChI=1S/C22H24ClN3O3S/c1-4-26(30(28,29)21-16(2)24-25(3)22(21)23)20(27)15-19(17-11-7-5-8-12-17)18-13-9-6-10-14-18/h5-14,19H,4,15H2,1-3H3. The molecule has 0 fully saturated rings. The van der Waals surface area contributed by atoms with Crippen LogP contribution in [0.2, 0.25) is 5.15 Å². The lowest BCUT2D eigenvalue weighted by Crippen LogP contribution is -2.37. The molecule has 1 aromatic heterocycles. The molecule has 0 aliphatic carbocycles. The van der Waals surface area contributed by atoms with Gasteiger partial charge < -0.3 is 0 Å². The first-order chi connectivity index (χ1) is 14.3. The number of benzene rings is 2. The third-order valence-corrected chi connectivity index (χ3v) is 7.59. The molecule has 0 aliphatic heterocycles. The van der Waals surface area contributed by atoms with Gasteiger partial charge in [-0.05, 0) is 25.0 Å². The van der Waals surface area contributed by atoms with Gasteiger partial charge in [0.25, 0.3) is 10.0 Å². The summed E-state index contributed by atoms with van der Waals surface area (Å²) in [6.07, 6.45) is 0.0119. The van der Waals surface area contributed by atoms with Crippen molar-refractivity contribution in [3.8, 4) is 0 Å². The zero-order chi connectivity index (χ0) is 21.9. The Balaban J connectivity index is 1.98. The number of hydrogen-bond acceptors (Lipinski definition) is 4. The first-order valence-corrected chi connectivity index (χ1v) is 11.4. The summed E-state index contributed by atoms with van der Waals surface area (Å²) < 4.78 is 28.7. The maximum Gasteiger partial charge on any atom is 0.271 e. The molecule has 2 aromatic carbocycles. The number of halogens is 1. The Morgan fingerprint density at radius 2 is 1.57 bits per heavy atom. The number of aromatic nitrogens is 2. The van der Waals surface area contributed by atoms with E-state index in [1.165, 1.54) is 4.68 Å². The van der Waals surface area contributed by atoms with E-state index in [2.05, 4.69) is 5.10 Å². The van der Waals surface area contributed by atoms with Gasteiger partial charge >= 0.3 is 0 Å². The summed E-state index contributed by atoms with van der Waals surface area (Å²) in [5.41, 5.74) is 2.15. The molecule has 0 saturated heterocycles. The van der Waals surface area contributed by atoms with E-state index in [0.717, 1.165) is 15.4 Å². The number of nitrogens with zero attached hydrogens (tertiary/aromatic N) is 3. The first-order valence-electron chi connectivity index (χ1n) is 9.62. The summed E-state index contributed by atoms with van der Waals surface area (Å²) in [6, 6.07) is 19.2. The number of sulfonamides is 1. The van der Waals surface area contributed by atoms with E-state index in [4.69, 9.17) is 11.6 Å². The van der Waals surface area contributed by atoms with Crippen molar-refractivity contribution in [2.75, 3.05) is 6.54 Å². The topological polar surface area (TPSA) is 72.3 Å². The van der Waals surface area contributed by atoms with Crippen LogP contribution in [0.1, 0.15) is 36.1 Å². The Bertz CT molecular complexity index is 1090. The second-order valence-electron chi connectivity index (χ2n) is 6.97. The lowest BCUT2D eigenvalue weighted by atomic mass is 9.88. The van der Waals surface area contributed by atoms with Gasteiger partial charge in [0.05, 0.1) is 5.69 Å². The fraction of sp³-hybridized carbons (Fsp3) is 0.273. The minimum Gasteiger partial charge on any atom is -0.274 e. The Kier molecular flexibility index (Phi) is 6.63. The SMILES string of the molecule is CCN(C(=O)CC(c1ccccc1)c1ccccc1)S(=O)(=O)c1c(C)nn(C)c1Cl. The molecule has 0 spiro atoms. The average molecular weight is 446 g/mol. The smallest absolute Gasteiger partial charge is 0.271 e. The summed E-state index contributed by atoms with van der Waals surface area (Å²) in [6.45, 7) is 3.20. The van der Waals surface area contributed by atoms with E-state index in [1.54, 1.807) is 20.9 Å². The zero-order valence-electron chi connectivity index (χ0n) is 17.1. The molecule has 3 aromatic rings. The third-order valence-electron chi connectivity index (χ3n) is 5.00. The second kappa shape index (κ2) is 9.02. The van der Waals surface area contributed by atoms with Crippen molar-refractivity contribution >= 4 is 27.5 Å². The molecule has 0 aliphatic rings. The van der Waals surface area contributed by atoms with Gasteiger partial charge in [0.2, 0.25) is 5.91 Å². The predicted octanol–water partition coefficient (Wildman–Crippen LogP) is 4.14. The van der Waals surface area contributed by atoms with Crippen molar-refractivity contribution in [2.45, 2.75) is 31.1 Å². The molecule has 8 heteroatoms. The number of carbonyl (C=O) groups excluding carboxylic acids is 1. The van der Waals surface area contributed by atoms with Gasteiger partial charge in [-0.1, -0.05) is 72.3 Å². The van der Waals surface area contributed by atoms with Crippen LogP contribution in [0.5, 0.6) is 0 Å². The highest BCUT2D eigenvalue weighted by Gasteiger charge is 2.35. The van der Waals surface area contributed by atoms with Crippen molar-refractivity contribution in [3.05, 3.63) is 82.6 Å². The zero-order valence-corrected chi connectivity index (χ0v) is 18.7. The van der Waals surface area contributed by atoms with Crippen LogP contribution in [-0.2, 0) is 21.9 Å². The van der Waals surface area contributed by atoms with Crippen molar-refractivity contribution in [1.82, 2.24) is 14.1 Å². The van der Waals surface area contributed by atoms with Crippen LogP contribution in [-0.4, -0.2) is 35.0 Å². The summed E-state index contributed by atoms with van der Waals surface area (Å²) >= 11 is 6.19. The molecule has 1 amide bonds. The Morgan fingerprint density at radius 1 is 1.07 bits per heavy atom. The van der Waals surface area contributed by atoms with E-state index in [9.17, 15) is 13.2 Å². The highest BCUT2D eigenvalue weighted by molar-refractivity contribution is 7.89. The van der Waals surface area contributed by atoms with Gasteiger partial charge in [0.1, 0.15) is 10.0 Å². The number of amides is 1. The molecule has 3 rings (SSSR count). The Hall–Kier alpha value is -2.64. The van der Waals surface area contributed by atoms with Crippen LogP contribution in [0.4, 0.5) is 0 Å². The summed E-state index contributed by atoms with van der Waals surface area (Å²) in [7, 11) is -2.57. The molecular weight excluding hydrogens is 422 g/mol. The monoisotopic (exact) mass is 445 g/mol. The largest absolute Gasteiger partial charge is 0.274 e. The average Bonchev–Trinajstić information content (AvgIpc) is 2.99. The Labute approximate surface area is 182 Å². The van der Waals surface area contributed by atoms with Gasteiger partial charge in [0.15, 0.2) is 0 Å². The van der Waals surface area contributed by atoms with E-state index < -0.39 is 15.9 Å². The molecule has 0 saturated carbocycles. The van der Waals surface area contributed by atoms with Crippen LogP contribution in [0.15, 0.2) is 65.6 Å². The minimum absolute atomic E-state index is 0.00211. The van der Waals surface area contributed by atoms with E-state index in [-0.39, 0.29) is 34.6 Å². The van der Waals surface area contributed by atoms with Crippen molar-refractivity contribution in [3.63, 3.8) is 0 Å². The number of hydrogen-bond donors (Lipinski definition) is 0. The molecular formula is C22H24ClN3O3S. The number of aryl methyl sites for hydroxylation is 2. The van der Waals surface area contributed by atoms with Gasteiger partial charge in [-0.3, -0.25) is 9.48 Å². The first kappa shape index (κ1) is 22.1. The van der Waals surface area contributed by atoms with Crippen molar-refractivity contribution < 1.29 is 13.2 Å². The molecule has 0 radical (unpaired) electrons. The quantitative estimate of drug-likeness (QED) is 0.547. The lowest BCUT2D eigenvalue weighted by molar-refractivity contribution is -0.126. The highest BCUT2D eigenvalue weighted by Crippen LogP contribution is 2.32. The van der Waals surface area contributed by atoms with Gasteiger partial charge in [-0.2, -0.15) is 5.10 Å². The van der Waals surface area contributed by atoms with Crippen LogP contribution in [0.25, 0.3) is 0 Å². The summed E-state index contributed by atoms with van der Waals surface area (Å²) in [5.74, 6) is -0.760. The minimum atomic E-state index is -4.13. The maximum atomic E-state index is 13.3. The number of carbonyl (C=O) groups is 1. The van der Waals surface area contributed by atoms with E-state index >= 15 is 0 Å². The maximum absolute atomic E-state index is 13.3. The van der Waals surface area contributed by atoms with Crippen LogP contribution in [0.3, 0.4) is 0 Å². The molecule has 1 heterocycles. The summed E-state index contributed by atoms with van der Waals surface area (Å²) in [4.78, 5) is 13.1. The molecule has 0 N–H and O–H groups in total. The van der Waals surface area contributed by atoms with Crippen LogP contribution >= 0.6 is 11.6 Å². The second-order valence-corrected chi connectivity index (χ2v) is 9.13. The fourth-order valence-corrected chi connectivity index (χ4v) is 5.70. The van der Waals surface area contributed by atoms with Crippen molar-refractivity contribution in [1.29, 1.82) is 0 Å². The van der Waals surface area contributed by atoms with Crippen LogP contribution in [0, 0.1) is 6.92 Å². The molecule has 30 heavy (non-hydrogen) atoms. The molecule has 0 unspecified atom stereocenters. The molecule has 6 nitrogen and oxygen atoms in total. The molecule has 158 valence electrons. The van der Waals surface area contributed by atoms with Crippen molar-refractivity contribution in [2.24, 2.45) is 7.05 Å². The molecule has 0 atom stereocenters. The third kappa shape index (κ3) is 4.27. The van der Waals surface area contributed by atoms with Gasteiger partial charge in [-0.25, -0.2) is 12.7 Å². The normalized spacial score (nSPS) is 11.6. The number of rotatable bonds is 7. The fourth-order valence-electron chi connectivity index (χ4n) is 3.57. The predicted molar refractivity (Wildman–Crippen MR) is 117 cm³/mol. The summed E-state index contributed by atoms with van der Waals surface area (Å²) in [5, 5.41) is 4.06.